The normalized spacial score (nSPS) is 11.7. The zero-order valence-corrected chi connectivity index (χ0v) is 9.98. The molecule has 0 saturated heterocycles. The van der Waals surface area contributed by atoms with E-state index < -0.39 is 31.0 Å². The van der Waals surface area contributed by atoms with Gasteiger partial charge in [-0.2, -0.15) is 0 Å². The highest BCUT2D eigenvalue weighted by atomic mass is 31.2. The van der Waals surface area contributed by atoms with Gasteiger partial charge in [0.2, 0.25) is 0 Å². The Balaban J connectivity index is 4.60. The van der Waals surface area contributed by atoms with Gasteiger partial charge in [0.05, 0.1) is 12.2 Å². The van der Waals surface area contributed by atoms with Crippen LogP contribution in [-0.2, 0) is 14.0 Å². The first kappa shape index (κ1) is 14.1. The number of ether oxygens (including phenoxy) is 2. The highest BCUT2D eigenvalue weighted by Gasteiger charge is 2.42. The first-order valence-corrected chi connectivity index (χ1v) is 6.09. The second-order valence-electron chi connectivity index (χ2n) is 3.44. The van der Waals surface area contributed by atoms with Crippen LogP contribution in [0.3, 0.4) is 0 Å². The fraction of sp³-hybridized carbons (Fsp3) is 0.750. The van der Waals surface area contributed by atoms with Crippen molar-refractivity contribution in [1.82, 2.24) is 0 Å². The molecule has 7 heteroatoms. The molecule has 0 saturated carbocycles. The van der Waals surface area contributed by atoms with Crippen LogP contribution in [0.1, 0.15) is 27.7 Å². The summed E-state index contributed by atoms with van der Waals surface area (Å²) in [4.78, 5) is 31.3. The number of rotatable bonds is 4. The first-order valence-electron chi connectivity index (χ1n) is 4.43. The van der Waals surface area contributed by atoms with E-state index in [2.05, 4.69) is 9.47 Å². The quantitative estimate of drug-likeness (QED) is 0.756. The van der Waals surface area contributed by atoms with Crippen LogP contribution in [0.15, 0.2) is 0 Å². The van der Waals surface area contributed by atoms with Gasteiger partial charge in [-0.15, -0.1) is 0 Å². The van der Waals surface area contributed by atoms with Crippen LogP contribution in [0.2, 0.25) is 0 Å². The zero-order chi connectivity index (χ0) is 12.2. The number of carbonyl (C=O) groups excluding carboxylic acids is 2. The molecule has 0 radical (unpaired) electrons. The summed E-state index contributed by atoms with van der Waals surface area (Å²) in [5.74, 6) is 0. The van der Waals surface area contributed by atoms with E-state index in [-0.39, 0.29) is 0 Å². The van der Waals surface area contributed by atoms with Gasteiger partial charge < -0.3 is 14.4 Å². The molecule has 0 unspecified atom stereocenters. The number of carbonyl (C=O) groups is 2. The van der Waals surface area contributed by atoms with Crippen LogP contribution < -0.4 is 0 Å². The molecule has 0 rings (SSSR count). The molecule has 0 aliphatic heterocycles. The zero-order valence-electron chi connectivity index (χ0n) is 9.09. The van der Waals surface area contributed by atoms with Crippen molar-refractivity contribution in [3.63, 3.8) is 0 Å². The molecule has 0 heterocycles. The lowest BCUT2D eigenvalue weighted by atomic mass is 10.5. The van der Waals surface area contributed by atoms with E-state index >= 15 is 0 Å². The second kappa shape index (κ2) is 5.28. The monoisotopic (exact) mass is 238 g/mol. The van der Waals surface area contributed by atoms with Crippen LogP contribution in [0.4, 0.5) is 9.59 Å². The van der Waals surface area contributed by atoms with Gasteiger partial charge in [0, 0.05) is 0 Å². The maximum Gasteiger partial charge on any atom is 0.411 e. The lowest BCUT2D eigenvalue weighted by molar-refractivity contribution is 0.127. The Hall–Kier alpha value is -0.870. The molecule has 0 fully saturated rings. The van der Waals surface area contributed by atoms with Gasteiger partial charge in [-0.1, -0.05) is 0 Å². The Morgan fingerprint density at radius 2 is 1.27 bits per heavy atom. The molecule has 6 nitrogen and oxygen atoms in total. The van der Waals surface area contributed by atoms with Gasteiger partial charge in [0.1, 0.15) is 0 Å². The van der Waals surface area contributed by atoms with Crippen molar-refractivity contribution in [2.75, 3.05) is 0 Å². The summed E-state index contributed by atoms with van der Waals surface area (Å²) in [6.07, 6.45) is -1.13. The Bertz CT molecular complexity index is 270. The minimum atomic E-state index is -4.70. The number of hydrogen-bond donors (Lipinski definition) is 1. The molecule has 0 aromatic carbocycles. The standard InChI is InChI=1S/C8H15O6P/c1-5(2)13-7(9)15(11,12)8(10)14-6(3)4/h5-6H,1-4H3,(H,11,12). The molecule has 0 aromatic heterocycles. The van der Waals surface area contributed by atoms with E-state index in [1.54, 1.807) is 0 Å². The van der Waals surface area contributed by atoms with Crippen LogP contribution in [0.5, 0.6) is 0 Å². The predicted molar refractivity (Wildman–Crippen MR) is 53.1 cm³/mol. The SMILES string of the molecule is CC(C)OC(=O)P(=O)(O)C(=O)OC(C)C. The molecule has 0 aromatic rings. The van der Waals surface area contributed by atoms with Gasteiger partial charge in [0.15, 0.2) is 0 Å². The second-order valence-corrected chi connectivity index (χ2v) is 5.32. The third kappa shape index (κ3) is 4.44. The fourth-order valence-electron chi connectivity index (χ4n) is 0.621. The first-order chi connectivity index (χ1) is 6.67. The topological polar surface area (TPSA) is 89.9 Å². The van der Waals surface area contributed by atoms with Gasteiger partial charge in [-0.05, 0) is 27.7 Å². The summed E-state index contributed by atoms with van der Waals surface area (Å²) in [7, 11) is -4.70. The van der Waals surface area contributed by atoms with E-state index in [9.17, 15) is 14.2 Å². The van der Waals surface area contributed by atoms with Gasteiger partial charge in [-0.3, -0.25) is 4.57 Å². The van der Waals surface area contributed by atoms with Crippen molar-refractivity contribution in [3.8, 4) is 0 Å². The molecular formula is C8H15O6P. The van der Waals surface area contributed by atoms with Gasteiger partial charge in [-0.25, -0.2) is 9.59 Å². The molecule has 88 valence electrons. The Kier molecular flexibility index (Phi) is 4.97. The van der Waals surface area contributed by atoms with E-state index in [0.717, 1.165) is 0 Å². The van der Waals surface area contributed by atoms with E-state index in [1.807, 2.05) is 0 Å². The molecule has 15 heavy (non-hydrogen) atoms. The Morgan fingerprint density at radius 1 is 1.00 bits per heavy atom. The van der Waals surface area contributed by atoms with Crippen molar-refractivity contribution in [2.24, 2.45) is 0 Å². The van der Waals surface area contributed by atoms with E-state index in [4.69, 9.17) is 4.89 Å². The van der Waals surface area contributed by atoms with Crippen molar-refractivity contribution in [3.05, 3.63) is 0 Å². The van der Waals surface area contributed by atoms with Crippen LogP contribution in [0.25, 0.3) is 0 Å². The minimum Gasteiger partial charge on any atom is -0.455 e. The van der Waals surface area contributed by atoms with Crippen LogP contribution in [-0.4, -0.2) is 28.5 Å². The van der Waals surface area contributed by atoms with Crippen LogP contribution >= 0.6 is 7.37 Å². The molecule has 0 spiro atoms. The lowest BCUT2D eigenvalue weighted by Crippen LogP contribution is -2.18. The molecule has 0 aliphatic rings. The Labute approximate surface area is 88.0 Å². The lowest BCUT2D eigenvalue weighted by Gasteiger charge is -2.13. The summed E-state index contributed by atoms with van der Waals surface area (Å²) >= 11 is 0. The third-order valence-electron chi connectivity index (χ3n) is 1.17. The molecule has 0 amide bonds. The predicted octanol–water partition coefficient (Wildman–Crippen LogP) is 2.35. The molecule has 0 aliphatic carbocycles. The highest BCUT2D eigenvalue weighted by Crippen LogP contribution is 2.45. The average molecular weight is 238 g/mol. The third-order valence-corrected chi connectivity index (χ3v) is 2.37. The van der Waals surface area contributed by atoms with E-state index in [1.165, 1.54) is 27.7 Å². The van der Waals surface area contributed by atoms with Crippen molar-refractivity contribution < 1.29 is 28.5 Å². The minimum absolute atomic E-state index is 0.565. The summed E-state index contributed by atoms with van der Waals surface area (Å²) in [5, 5.41) is 0. The average Bonchev–Trinajstić information content (AvgIpc) is 2.01. The van der Waals surface area contributed by atoms with E-state index in [0.29, 0.717) is 0 Å². The highest BCUT2D eigenvalue weighted by molar-refractivity contribution is 7.88. The molecule has 0 atom stereocenters. The summed E-state index contributed by atoms with van der Waals surface area (Å²) < 4.78 is 20.2. The summed E-state index contributed by atoms with van der Waals surface area (Å²) in [5.41, 5.74) is -2.88. The maximum atomic E-state index is 11.3. The van der Waals surface area contributed by atoms with Crippen molar-refractivity contribution in [1.29, 1.82) is 0 Å². The largest absolute Gasteiger partial charge is 0.455 e. The van der Waals surface area contributed by atoms with Crippen molar-refractivity contribution in [2.45, 2.75) is 39.9 Å². The maximum absolute atomic E-state index is 11.3. The number of hydrogen-bond acceptors (Lipinski definition) is 5. The van der Waals surface area contributed by atoms with Crippen LogP contribution in [0, 0.1) is 0 Å². The smallest absolute Gasteiger partial charge is 0.411 e. The molecular weight excluding hydrogens is 223 g/mol. The van der Waals surface area contributed by atoms with Gasteiger partial charge in [0.25, 0.3) is 0 Å². The fourth-order valence-corrected chi connectivity index (χ4v) is 1.48. The molecule has 1 N–H and O–H groups in total. The summed E-state index contributed by atoms with van der Waals surface area (Å²) in [6, 6.07) is 0. The summed E-state index contributed by atoms with van der Waals surface area (Å²) in [6.45, 7) is 6.02. The molecule has 0 bridgehead atoms. The van der Waals surface area contributed by atoms with Gasteiger partial charge >= 0.3 is 18.8 Å². The Morgan fingerprint density at radius 3 is 1.47 bits per heavy atom. The van der Waals surface area contributed by atoms with Crippen molar-refractivity contribution >= 4 is 18.8 Å².